The number of aryl methyl sites for hydroxylation is 1. The van der Waals surface area contributed by atoms with Gasteiger partial charge in [0.2, 0.25) is 0 Å². The molecule has 0 amide bonds. The summed E-state index contributed by atoms with van der Waals surface area (Å²) < 4.78 is 40.8. The SMILES string of the molecule is CCc1ccc(-c2ccc(-c3ccc4c(F)c(F)c(F)cc4c3)cc2)cc1. The van der Waals surface area contributed by atoms with E-state index in [0.717, 1.165) is 34.7 Å². The smallest absolute Gasteiger partial charge is 0.195 e. The average molecular weight is 362 g/mol. The number of halogens is 3. The molecular formula is C24H17F3. The first-order chi connectivity index (χ1) is 13.1. The van der Waals surface area contributed by atoms with Crippen LogP contribution in [0.3, 0.4) is 0 Å². The number of rotatable bonds is 3. The summed E-state index contributed by atoms with van der Waals surface area (Å²) in [5.41, 5.74) is 5.28. The summed E-state index contributed by atoms with van der Waals surface area (Å²) >= 11 is 0. The van der Waals surface area contributed by atoms with Gasteiger partial charge in [0.05, 0.1) is 0 Å². The van der Waals surface area contributed by atoms with Crippen molar-refractivity contribution in [2.24, 2.45) is 0 Å². The van der Waals surface area contributed by atoms with Crippen LogP contribution in [0.25, 0.3) is 33.0 Å². The fourth-order valence-electron chi connectivity index (χ4n) is 3.27. The van der Waals surface area contributed by atoms with Gasteiger partial charge in [0.15, 0.2) is 17.5 Å². The number of hydrogen-bond donors (Lipinski definition) is 0. The quantitative estimate of drug-likeness (QED) is 0.339. The van der Waals surface area contributed by atoms with Gasteiger partial charge >= 0.3 is 0 Å². The van der Waals surface area contributed by atoms with E-state index in [2.05, 4.69) is 31.2 Å². The van der Waals surface area contributed by atoms with Crippen LogP contribution >= 0.6 is 0 Å². The van der Waals surface area contributed by atoms with Gasteiger partial charge in [0.25, 0.3) is 0 Å². The summed E-state index contributed by atoms with van der Waals surface area (Å²) in [6.45, 7) is 2.12. The van der Waals surface area contributed by atoms with E-state index in [4.69, 9.17) is 0 Å². The zero-order valence-electron chi connectivity index (χ0n) is 14.8. The fourth-order valence-corrected chi connectivity index (χ4v) is 3.27. The molecule has 4 aromatic rings. The lowest BCUT2D eigenvalue weighted by Crippen LogP contribution is -1.92. The number of hydrogen-bond acceptors (Lipinski definition) is 0. The minimum absolute atomic E-state index is 0.0743. The van der Waals surface area contributed by atoms with Crippen LogP contribution in [0.5, 0.6) is 0 Å². The molecule has 0 unspecified atom stereocenters. The van der Waals surface area contributed by atoms with Crippen molar-refractivity contribution in [2.45, 2.75) is 13.3 Å². The third-order valence-electron chi connectivity index (χ3n) is 4.89. The average Bonchev–Trinajstić information content (AvgIpc) is 2.72. The van der Waals surface area contributed by atoms with Gasteiger partial charge in [-0.05, 0) is 51.8 Å². The molecule has 0 aromatic heterocycles. The molecule has 0 aliphatic rings. The predicted octanol–water partition coefficient (Wildman–Crippen LogP) is 7.15. The van der Waals surface area contributed by atoms with Gasteiger partial charge in [-0.2, -0.15) is 0 Å². The molecule has 0 radical (unpaired) electrons. The largest absolute Gasteiger partial charge is 0.204 e. The van der Waals surface area contributed by atoms with Gasteiger partial charge < -0.3 is 0 Å². The van der Waals surface area contributed by atoms with Gasteiger partial charge in [0.1, 0.15) is 0 Å². The molecule has 0 heterocycles. The Morgan fingerprint density at radius 1 is 0.593 bits per heavy atom. The van der Waals surface area contributed by atoms with Crippen molar-refractivity contribution >= 4 is 10.8 Å². The summed E-state index contributed by atoms with van der Waals surface area (Å²) in [7, 11) is 0. The Hall–Kier alpha value is -3.07. The summed E-state index contributed by atoms with van der Waals surface area (Å²) in [4.78, 5) is 0. The van der Waals surface area contributed by atoms with Crippen LogP contribution < -0.4 is 0 Å². The van der Waals surface area contributed by atoms with Gasteiger partial charge in [-0.3, -0.25) is 0 Å². The lowest BCUT2D eigenvalue weighted by Gasteiger charge is -2.08. The minimum Gasteiger partial charge on any atom is -0.204 e. The van der Waals surface area contributed by atoms with E-state index in [1.807, 2.05) is 24.3 Å². The first-order valence-corrected chi connectivity index (χ1v) is 8.84. The molecule has 0 saturated carbocycles. The standard InChI is InChI=1S/C24H17F3/c1-2-15-3-5-16(6-4-15)17-7-9-18(10-8-17)19-11-12-21-20(13-19)14-22(25)24(27)23(21)26/h3-14H,2H2,1H3. The van der Waals surface area contributed by atoms with Crippen LogP contribution in [0, 0.1) is 17.5 Å². The van der Waals surface area contributed by atoms with Crippen molar-refractivity contribution in [1.82, 2.24) is 0 Å². The zero-order chi connectivity index (χ0) is 19.0. The van der Waals surface area contributed by atoms with Crippen molar-refractivity contribution in [3.05, 3.63) is 95.8 Å². The maximum absolute atomic E-state index is 13.9. The second kappa shape index (κ2) is 6.92. The molecule has 0 saturated heterocycles. The van der Waals surface area contributed by atoms with Crippen LogP contribution in [0.1, 0.15) is 12.5 Å². The first-order valence-electron chi connectivity index (χ1n) is 8.84. The van der Waals surface area contributed by atoms with E-state index >= 15 is 0 Å². The van der Waals surface area contributed by atoms with Gasteiger partial charge in [0, 0.05) is 5.39 Å². The Labute approximate surface area is 155 Å². The maximum atomic E-state index is 13.9. The molecule has 0 atom stereocenters. The third-order valence-corrected chi connectivity index (χ3v) is 4.89. The molecule has 0 nitrogen and oxygen atoms in total. The van der Waals surface area contributed by atoms with Crippen LogP contribution in [0.15, 0.2) is 72.8 Å². The van der Waals surface area contributed by atoms with Gasteiger partial charge in [-0.1, -0.05) is 67.6 Å². The molecule has 0 aliphatic carbocycles. The third kappa shape index (κ3) is 3.21. The molecule has 0 bridgehead atoms. The predicted molar refractivity (Wildman–Crippen MR) is 104 cm³/mol. The van der Waals surface area contributed by atoms with Crippen molar-refractivity contribution in [2.75, 3.05) is 0 Å². The molecule has 0 N–H and O–H groups in total. The van der Waals surface area contributed by atoms with Gasteiger partial charge in [-0.15, -0.1) is 0 Å². The molecular weight excluding hydrogens is 345 g/mol. The molecule has 0 fully saturated rings. The van der Waals surface area contributed by atoms with E-state index in [9.17, 15) is 13.2 Å². The number of benzene rings is 4. The zero-order valence-corrected chi connectivity index (χ0v) is 14.8. The van der Waals surface area contributed by atoms with Crippen molar-refractivity contribution in [1.29, 1.82) is 0 Å². The van der Waals surface area contributed by atoms with E-state index in [-0.39, 0.29) is 5.39 Å². The Morgan fingerprint density at radius 3 is 1.70 bits per heavy atom. The lowest BCUT2D eigenvalue weighted by atomic mass is 9.97. The fraction of sp³-hybridized carbons (Fsp3) is 0.0833. The highest BCUT2D eigenvalue weighted by Crippen LogP contribution is 2.30. The lowest BCUT2D eigenvalue weighted by molar-refractivity contribution is 0.453. The van der Waals surface area contributed by atoms with Crippen molar-refractivity contribution in [3.8, 4) is 22.3 Å². The summed E-state index contributed by atoms with van der Waals surface area (Å²) in [5, 5.41) is 0.411. The molecule has 4 rings (SSSR count). The molecule has 27 heavy (non-hydrogen) atoms. The van der Waals surface area contributed by atoms with E-state index in [1.165, 1.54) is 11.6 Å². The van der Waals surface area contributed by atoms with Gasteiger partial charge in [-0.25, -0.2) is 13.2 Å². The van der Waals surface area contributed by atoms with Crippen molar-refractivity contribution < 1.29 is 13.2 Å². The minimum atomic E-state index is -1.44. The Bertz CT molecular complexity index is 1110. The monoisotopic (exact) mass is 362 g/mol. The topological polar surface area (TPSA) is 0 Å². The maximum Gasteiger partial charge on any atom is 0.195 e. The number of fused-ring (bicyclic) bond motifs is 1. The van der Waals surface area contributed by atoms with Crippen molar-refractivity contribution in [3.63, 3.8) is 0 Å². The Balaban J connectivity index is 1.70. The first kappa shape index (κ1) is 17.3. The molecule has 0 aliphatic heterocycles. The summed E-state index contributed by atoms with van der Waals surface area (Å²) in [6.07, 6.45) is 1.01. The van der Waals surface area contributed by atoms with E-state index in [1.54, 1.807) is 12.1 Å². The van der Waals surface area contributed by atoms with Crippen LogP contribution in [0.2, 0.25) is 0 Å². The Morgan fingerprint density at radius 2 is 1.11 bits per heavy atom. The highest BCUT2D eigenvalue weighted by molar-refractivity contribution is 5.88. The molecule has 0 spiro atoms. The Kier molecular flexibility index (Phi) is 4.44. The highest BCUT2D eigenvalue weighted by Gasteiger charge is 2.13. The summed E-state index contributed by atoms with van der Waals surface area (Å²) in [6, 6.07) is 22.3. The van der Waals surface area contributed by atoms with Crippen LogP contribution in [0.4, 0.5) is 13.2 Å². The van der Waals surface area contributed by atoms with Crippen LogP contribution in [-0.2, 0) is 6.42 Å². The highest BCUT2D eigenvalue weighted by atomic mass is 19.2. The molecule has 4 aromatic carbocycles. The normalized spacial score (nSPS) is 11.1. The molecule has 3 heteroatoms. The van der Waals surface area contributed by atoms with E-state index < -0.39 is 17.5 Å². The molecule has 134 valence electrons. The summed E-state index contributed by atoms with van der Waals surface area (Å²) in [5.74, 6) is -3.76. The second-order valence-corrected chi connectivity index (χ2v) is 6.55. The van der Waals surface area contributed by atoms with Crippen LogP contribution in [-0.4, -0.2) is 0 Å². The second-order valence-electron chi connectivity index (χ2n) is 6.55. The van der Waals surface area contributed by atoms with E-state index in [0.29, 0.717) is 5.39 Å².